The Balaban J connectivity index is 1.66. The Morgan fingerprint density at radius 2 is 1.84 bits per heavy atom. The summed E-state index contributed by atoms with van der Waals surface area (Å²) in [6, 6.07) is 14.6. The second-order valence-corrected chi connectivity index (χ2v) is 6.45. The van der Waals surface area contributed by atoms with Gasteiger partial charge in [0, 0.05) is 16.5 Å². The van der Waals surface area contributed by atoms with Crippen molar-refractivity contribution < 1.29 is 19.1 Å². The number of benzene rings is 2. The molecule has 0 radical (unpaired) electrons. The molecule has 1 N–H and O–H groups in total. The normalized spacial score (nSPS) is 10.2. The Hall–Kier alpha value is -2.18. The number of halogens is 1. The molecule has 2 aromatic rings. The molecule has 0 atom stereocenters. The van der Waals surface area contributed by atoms with E-state index in [0.717, 1.165) is 16.2 Å². The third-order valence-electron chi connectivity index (χ3n) is 3.21. The molecule has 0 unspecified atom stereocenters. The quantitative estimate of drug-likeness (QED) is 0.563. The smallest absolute Gasteiger partial charge is 0.316 e. The van der Waals surface area contributed by atoms with E-state index >= 15 is 0 Å². The van der Waals surface area contributed by atoms with Gasteiger partial charge >= 0.3 is 5.97 Å². The maximum absolute atomic E-state index is 11.7. The van der Waals surface area contributed by atoms with Crippen molar-refractivity contribution in [1.82, 2.24) is 5.32 Å². The Morgan fingerprint density at radius 1 is 1.12 bits per heavy atom. The zero-order valence-corrected chi connectivity index (χ0v) is 15.2. The highest BCUT2D eigenvalue weighted by atomic mass is 35.5. The Morgan fingerprint density at radius 3 is 2.52 bits per heavy atom. The average molecular weight is 380 g/mol. The Labute approximate surface area is 155 Å². The summed E-state index contributed by atoms with van der Waals surface area (Å²) < 4.78 is 10.0. The number of esters is 1. The molecule has 0 saturated heterocycles. The van der Waals surface area contributed by atoms with Gasteiger partial charge in [0.1, 0.15) is 5.75 Å². The zero-order chi connectivity index (χ0) is 18.1. The predicted molar refractivity (Wildman–Crippen MR) is 98.0 cm³/mol. The van der Waals surface area contributed by atoms with Crippen LogP contribution in [0.2, 0.25) is 5.02 Å². The number of ether oxygens (including phenoxy) is 2. The fourth-order valence-electron chi connectivity index (χ4n) is 1.89. The highest BCUT2D eigenvalue weighted by Crippen LogP contribution is 2.21. The molecular weight excluding hydrogens is 362 g/mol. The molecule has 0 heterocycles. The van der Waals surface area contributed by atoms with E-state index in [1.165, 1.54) is 11.8 Å². The fourth-order valence-corrected chi connectivity index (χ4v) is 2.79. The molecule has 0 spiro atoms. The number of nitrogens with one attached hydrogen (secondary N) is 1. The maximum atomic E-state index is 11.7. The second-order valence-electron chi connectivity index (χ2n) is 4.99. The van der Waals surface area contributed by atoms with Gasteiger partial charge in [0.05, 0.1) is 12.9 Å². The van der Waals surface area contributed by atoms with E-state index in [9.17, 15) is 9.59 Å². The number of hydrogen-bond donors (Lipinski definition) is 1. The van der Waals surface area contributed by atoms with Crippen LogP contribution in [0, 0.1) is 0 Å². The Kier molecular flexibility index (Phi) is 7.63. The van der Waals surface area contributed by atoms with Crippen LogP contribution in [0.15, 0.2) is 53.4 Å². The first-order chi connectivity index (χ1) is 12.1. The minimum absolute atomic E-state index is 0.129. The van der Waals surface area contributed by atoms with Crippen LogP contribution in [-0.2, 0) is 20.9 Å². The molecule has 5 nitrogen and oxygen atoms in total. The van der Waals surface area contributed by atoms with Gasteiger partial charge in [-0.3, -0.25) is 9.59 Å². The van der Waals surface area contributed by atoms with Gasteiger partial charge in [0.25, 0.3) is 5.91 Å². The molecule has 0 saturated carbocycles. The van der Waals surface area contributed by atoms with E-state index in [0.29, 0.717) is 5.02 Å². The van der Waals surface area contributed by atoms with Crippen LogP contribution < -0.4 is 10.1 Å². The fraction of sp³-hybridized carbons (Fsp3) is 0.222. The SMILES string of the molecule is COc1ccc(SCC(=O)OCC(=O)NCc2ccccc2Cl)cc1. The molecule has 0 aromatic heterocycles. The van der Waals surface area contributed by atoms with Crippen LogP contribution in [0.5, 0.6) is 5.75 Å². The highest BCUT2D eigenvalue weighted by molar-refractivity contribution is 8.00. The lowest BCUT2D eigenvalue weighted by molar-refractivity contribution is -0.145. The topological polar surface area (TPSA) is 64.6 Å². The first kappa shape index (κ1) is 19.1. The van der Waals surface area contributed by atoms with Crippen LogP contribution >= 0.6 is 23.4 Å². The molecule has 7 heteroatoms. The van der Waals surface area contributed by atoms with Gasteiger partial charge in [-0.05, 0) is 35.9 Å². The largest absolute Gasteiger partial charge is 0.497 e. The maximum Gasteiger partial charge on any atom is 0.316 e. The van der Waals surface area contributed by atoms with Crippen LogP contribution in [0.25, 0.3) is 0 Å². The van der Waals surface area contributed by atoms with Crippen LogP contribution in [-0.4, -0.2) is 31.3 Å². The summed E-state index contributed by atoms with van der Waals surface area (Å²) in [7, 11) is 1.59. The van der Waals surface area contributed by atoms with Crippen LogP contribution in [0.1, 0.15) is 5.56 Å². The van der Waals surface area contributed by atoms with E-state index in [2.05, 4.69) is 5.32 Å². The molecule has 0 bridgehead atoms. The van der Waals surface area contributed by atoms with Gasteiger partial charge in [-0.2, -0.15) is 0 Å². The van der Waals surface area contributed by atoms with E-state index in [1.54, 1.807) is 13.2 Å². The van der Waals surface area contributed by atoms with Gasteiger partial charge in [-0.1, -0.05) is 29.8 Å². The van der Waals surface area contributed by atoms with E-state index < -0.39 is 5.97 Å². The minimum Gasteiger partial charge on any atom is -0.497 e. The molecule has 0 aliphatic heterocycles. The number of carbonyl (C=O) groups excluding carboxylic acids is 2. The van der Waals surface area contributed by atoms with Crippen molar-refractivity contribution in [2.75, 3.05) is 19.5 Å². The summed E-state index contributed by atoms with van der Waals surface area (Å²) in [5.41, 5.74) is 0.805. The number of methoxy groups -OCH3 is 1. The van der Waals surface area contributed by atoms with Crippen LogP contribution in [0.3, 0.4) is 0 Å². The molecule has 0 aliphatic rings. The lowest BCUT2D eigenvalue weighted by Gasteiger charge is -2.08. The van der Waals surface area contributed by atoms with Crippen LogP contribution in [0.4, 0.5) is 0 Å². The molecule has 2 rings (SSSR count). The van der Waals surface area contributed by atoms with Crippen molar-refractivity contribution in [3.63, 3.8) is 0 Å². The lowest BCUT2D eigenvalue weighted by atomic mass is 10.2. The van der Waals surface area contributed by atoms with Crippen molar-refractivity contribution >= 4 is 35.2 Å². The number of hydrogen-bond acceptors (Lipinski definition) is 5. The zero-order valence-electron chi connectivity index (χ0n) is 13.7. The lowest BCUT2D eigenvalue weighted by Crippen LogP contribution is -2.28. The summed E-state index contributed by atoms with van der Waals surface area (Å²) in [4.78, 5) is 24.3. The predicted octanol–water partition coefficient (Wildman–Crippen LogP) is 3.30. The molecule has 25 heavy (non-hydrogen) atoms. The average Bonchev–Trinajstić information content (AvgIpc) is 2.64. The summed E-state index contributed by atoms with van der Waals surface area (Å²) >= 11 is 7.34. The number of amides is 1. The van der Waals surface area contributed by atoms with Crippen molar-refractivity contribution in [3.05, 3.63) is 59.1 Å². The van der Waals surface area contributed by atoms with Crippen molar-refractivity contribution in [2.24, 2.45) is 0 Å². The summed E-state index contributed by atoms with van der Waals surface area (Å²) in [5.74, 6) is 0.0583. The molecule has 2 aromatic carbocycles. The van der Waals surface area contributed by atoms with Crippen molar-refractivity contribution in [3.8, 4) is 5.75 Å². The third kappa shape index (κ3) is 6.68. The highest BCUT2D eigenvalue weighted by Gasteiger charge is 2.09. The third-order valence-corrected chi connectivity index (χ3v) is 4.57. The molecule has 132 valence electrons. The van der Waals surface area contributed by atoms with Gasteiger partial charge in [-0.15, -0.1) is 11.8 Å². The first-order valence-electron chi connectivity index (χ1n) is 7.51. The summed E-state index contributed by atoms with van der Waals surface area (Å²) in [6.45, 7) is -0.0247. The standard InChI is InChI=1S/C18H18ClNO4S/c1-23-14-6-8-15(9-7-14)25-12-18(22)24-11-17(21)20-10-13-4-2-3-5-16(13)19/h2-9H,10-12H2,1H3,(H,20,21). The minimum atomic E-state index is -0.450. The molecule has 0 fully saturated rings. The Bertz CT molecular complexity index is 721. The second kappa shape index (κ2) is 9.96. The number of thioether (sulfide) groups is 1. The monoisotopic (exact) mass is 379 g/mol. The van der Waals surface area contributed by atoms with Gasteiger partial charge in [0.15, 0.2) is 6.61 Å². The molecule has 0 aliphatic carbocycles. The molecular formula is C18H18ClNO4S. The van der Waals surface area contributed by atoms with Gasteiger partial charge in [-0.25, -0.2) is 0 Å². The van der Waals surface area contributed by atoms with Gasteiger partial charge < -0.3 is 14.8 Å². The van der Waals surface area contributed by atoms with E-state index in [4.69, 9.17) is 21.1 Å². The first-order valence-corrected chi connectivity index (χ1v) is 8.87. The summed E-state index contributed by atoms with van der Waals surface area (Å²) in [6.07, 6.45) is 0. The van der Waals surface area contributed by atoms with Gasteiger partial charge in [0.2, 0.25) is 0 Å². The van der Waals surface area contributed by atoms with Crippen molar-refractivity contribution in [2.45, 2.75) is 11.4 Å². The van der Waals surface area contributed by atoms with E-state index in [-0.39, 0.29) is 24.8 Å². The molecule has 1 amide bonds. The van der Waals surface area contributed by atoms with E-state index in [1.807, 2.05) is 42.5 Å². The van der Waals surface area contributed by atoms with Crippen molar-refractivity contribution in [1.29, 1.82) is 0 Å². The summed E-state index contributed by atoms with van der Waals surface area (Å²) in [5, 5.41) is 3.24. The number of carbonyl (C=O) groups is 2. The number of rotatable bonds is 8.